The van der Waals surface area contributed by atoms with Gasteiger partial charge in [-0.25, -0.2) is 8.42 Å². The lowest BCUT2D eigenvalue weighted by Gasteiger charge is -2.07. The molecule has 7 nitrogen and oxygen atoms in total. The van der Waals surface area contributed by atoms with Gasteiger partial charge in [-0.05, 0) is 25.1 Å². The summed E-state index contributed by atoms with van der Waals surface area (Å²) in [6.07, 6.45) is 4.42. The molecule has 0 spiro atoms. The van der Waals surface area contributed by atoms with E-state index in [0.29, 0.717) is 22.4 Å². The Morgan fingerprint density at radius 3 is 2.60 bits per heavy atom. The Morgan fingerprint density at radius 2 is 1.90 bits per heavy atom. The van der Waals surface area contributed by atoms with Crippen molar-refractivity contribution in [2.45, 2.75) is 11.8 Å². The van der Waals surface area contributed by atoms with Crippen LogP contribution in [0.2, 0.25) is 0 Å². The summed E-state index contributed by atoms with van der Waals surface area (Å²) < 4.78 is 26.9. The number of sulfonamides is 1. The van der Waals surface area contributed by atoms with E-state index >= 15 is 0 Å². The molecule has 0 saturated heterocycles. The molecule has 2 heterocycles. The number of nitrogens with one attached hydrogen (secondary N) is 2. The monoisotopic (exact) mass is 289 g/mol. The van der Waals surface area contributed by atoms with Crippen molar-refractivity contribution < 1.29 is 8.42 Å². The Kier molecular flexibility index (Phi) is 2.87. The number of fused-ring (bicyclic) bond motifs is 1. The topological polar surface area (TPSA) is 101 Å². The summed E-state index contributed by atoms with van der Waals surface area (Å²) in [6, 6.07) is 4.99. The lowest BCUT2D eigenvalue weighted by atomic mass is 10.3. The minimum Gasteiger partial charge on any atom is -0.281 e. The smallest absolute Gasteiger partial charge is 0.265 e. The average molecular weight is 289 g/mol. The molecule has 0 atom stereocenters. The molecule has 0 radical (unpaired) electrons. The van der Waals surface area contributed by atoms with E-state index in [0.717, 1.165) is 0 Å². The van der Waals surface area contributed by atoms with Crippen molar-refractivity contribution >= 4 is 26.7 Å². The zero-order valence-electron chi connectivity index (χ0n) is 10.5. The summed E-state index contributed by atoms with van der Waals surface area (Å²) in [5, 5.41) is 6.31. The van der Waals surface area contributed by atoms with Crippen molar-refractivity contribution in [2.24, 2.45) is 0 Å². The van der Waals surface area contributed by atoms with Crippen molar-refractivity contribution in [2.75, 3.05) is 4.72 Å². The molecule has 20 heavy (non-hydrogen) atoms. The fraction of sp³-hybridized carbons (Fsp3) is 0.0833. The Morgan fingerprint density at radius 1 is 1.15 bits per heavy atom. The molecule has 0 aliphatic carbocycles. The predicted octanol–water partition coefficient (Wildman–Crippen LogP) is 1.46. The molecule has 0 saturated carbocycles. The number of hydrogen-bond donors (Lipinski definition) is 2. The molecule has 2 aromatic heterocycles. The number of H-pyrrole nitrogens is 1. The Hall–Kier alpha value is -2.48. The second-order valence-electron chi connectivity index (χ2n) is 4.22. The van der Waals surface area contributed by atoms with Gasteiger partial charge in [0.15, 0.2) is 0 Å². The van der Waals surface area contributed by atoms with Gasteiger partial charge in [0.05, 0.1) is 28.6 Å². The zero-order chi connectivity index (χ0) is 14.2. The van der Waals surface area contributed by atoms with E-state index in [2.05, 4.69) is 24.9 Å². The predicted molar refractivity (Wildman–Crippen MR) is 73.7 cm³/mol. The van der Waals surface area contributed by atoms with Gasteiger partial charge in [-0.2, -0.15) is 5.10 Å². The lowest BCUT2D eigenvalue weighted by molar-refractivity contribution is 0.600. The maximum Gasteiger partial charge on any atom is 0.265 e. The van der Waals surface area contributed by atoms with Crippen LogP contribution in [-0.4, -0.2) is 28.6 Å². The fourth-order valence-corrected chi connectivity index (χ4v) is 3.03. The van der Waals surface area contributed by atoms with E-state index in [4.69, 9.17) is 0 Å². The van der Waals surface area contributed by atoms with Gasteiger partial charge >= 0.3 is 0 Å². The number of rotatable bonds is 3. The summed E-state index contributed by atoms with van der Waals surface area (Å²) in [6.45, 7) is 1.65. The summed E-state index contributed by atoms with van der Waals surface area (Å²) in [5.74, 6) is 0. The van der Waals surface area contributed by atoms with Crippen LogP contribution in [0.15, 0.2) is 41.7 Å². The SMILES string of the molecule is Cc1[nH]ncc1S(=O)(=O)Nc1ccc2nccnc2c1. The van der Waals surface area contributed by atoms with Crippen LogP contribution in [0.4, 0.5) is 5.69 Å². The number of anilines is 1. The molecular weight excluding hydrogens is 278 g/mol. The van der Waals surface area contributed by atoms with E-state index in [1.807, 2.05) is 0 Å². The van der Waals surface area contributed by atoms with Crippen LogP contribution in [0.1, 0.15) is 5.69 Å². The van der Waals surface area contributed by atoms with Crippen molar-refractivity contribution in [3.8, 4) is 0 Å². The Balaban J connectivity index is 1.99. The van der Waals surface area contributed by atoms with Gasteiger partial charge < -0.3 is 0 Å². The first-order chi connectivity index (χ1) is 9.56. The lowest BCUT2D eigenvalue weighted by Crippen LogP contribution is -2.13. The van der Waals surface area contributed by atoms with Gasteiger partial charge in [0, 0.05) is 12.4 Å². The first kappa shape index (κ1) is 12.5. The molecule has 1 aromatic carbocycles. The molecular formula is C12H11N5O2S. The maximum atomic E-state index is 12.2. The number of aromatic amines is 1. The van der Waals surface area contributed by atoms with Crippen LogP contribution < -0.4 is 4.72 Å². The van der Waals surface area contributed by atoms with E-state index in [-0.39, 0.29) is 4.90 Å². The van der Waals surface area contributed by atoms with Gasteiger partial charge in [0.1, 0.15) is 4.90 Å². The van der Waals surface area contributed by atoms with Crippen molar-refractivity contribution in [1.29, 1.82) is 0 Å². The van der Waals surface area contributed by atoms with Gasteiger partial charge in [0.25, 0.3) is 10.0 Å². The molecule has 0 bridgehead atoms. The van der Waals surface area contributed by atoms with Gasteiger partial charge in [-0.3, -0.25) is 19.8 Å². The van der Waals surface area contributed by atoms with Crippen LogP contribution in [-0.2, 0) is 10.0 Å². The molecule has 3 rings (SSSR count). The standard InChI is InChI=1S/C12H11N5O2S/c1-8-12(7-15-16-8)20(18,19)17-9-2-3-10-11(6-9)14-5-4-13-10/h2-7,17H,1H3,(H,15,16). The summed E-state index contributed by atoms with van der Waals surface area (Å²) in [4.78, 5) is 8.39. The fourth-order valence-electron chi connectivity index (χ4n) is 1.85. The zero-order valence-corrected chi connectivity index (χ0v) is 11.3. The van der Waals surface area contributed by atoms with E-state index in [1.165, 1.54) is 6.20 Å². The highest BCUT2D eigenvalue weighted by Crippen LogP contribution is 2.20. The molecule has 102 valence electrons. The summed E-state index contributed by atoms with van der Waals surface area (Å²) in [5.41, 5.74) is 2.24. The average Bonchev–Trinajstić information content (AvgIpc) is 2.85. The molecule has 3 aromatic rings. The minimum absolute atomic E-state index is 0.122. The van der Waals surface area contributed by atoms with Gasteiger partial charge in [-0.15, -0.1) is 0 Å². The van der Waals surface area contributed by atoms with Crippen LogP contribution in [0.5, 0.6) is 0 Å². The van der Waals surface area contributed by atoms with Crippen molar-refractivity contribution in [3.05, 3.63) is 42.5 Å². The third-order valence-electron chi connectivity index (χ3n) is 2.79. The highest BCUT2D eigenvalue weighted by atomic mass is 32.2. The van der Waals surface area contributed by atoms with Crippen LogP contribution >= 0.6 is 0 Å². The molecule has 0 aliphatic rings. The minimum atomic E-state index is -3.66. The maximum absolute atomic E-state index is 12.2. The molecule has 0 fully saturated rings. The normalized spacial score (nSPS) is 11.7. The van der Waals surface area contributed by atoms with Crippen LogP contribution in [0.3, 0.4) is 0 Å². The molecule has 0 amide bonds. The number of aromatic nitrogens is 4. The summed E-state index contributed by atoms with van der Waals surface area (Å²) in [7, 11) is -3.66. The van der Waals surface area contributed by atoms with Crippen LogP contribution in [0.25, 0.3) is 11.0 Å². The molecule has 0 unspecified atom stereocenters. The van der Waals surface area contributed by atoms with Gasteiger partial charge in [0.2, 0.25) is 0 Å². The summed E-state index contributed by atoms with van der Waals surface area (Å²) >= 11 is 0. The van der Waals surface area contributed by atoms with Crippen LogP contribution in [0, 0.1) is 6.92 Å². The first-order valence-corrected chi connectivity index (χ1v) is 7.28. The molecule has 2 N–H and O–H groups in total. The Labute approximate surface area is 115 Å². The molecule has 8 heteroatoms. The highest BCUT2D eigenvalue weighted by molar-refractivity contribution is 7.92. The van der Waals surface area contributed by atoms with E-state index in [1.54, 1.807) is 37.5 Å². The number of aryl methyl sites for hydroxylation is 1. The largest absolute Gasteiger partial charge is 0.281 e. The van der Waals surface area contributed by atoms with Crippen molar-refractivity contribution in [1.82, 2.24) is 20.2 Å². The van der Waals surface area contributed by atoms with E-state index in [9.17, 15) is 8.42 Å². The molecule has 0 aliphatic heterocycles. The second kappa shape index (κ2) is 4.57. The van der Waals surface area contributed by atoms with E-state index < -0.39 is 10.0 Å². The third kappa shape index (κ3) is 2.21. The second-order valence-corrected chi connectivity index (χ2v) is 5.88. The van der Waals surface area contributed by atoms with Gasteiger partial charge in [-0.1, -0.05) is 0 Å². The number of nitrogens with zero attached hydrogens (tertiary/aromatic N) is 3. The number of benzene rings is 1. The third-order valence-corrected chi connectivity index (χ3v) is 4.29. The highest BCUT2D eigenvalue weighted by Gasteiger charge is 2.18. The van der Waals surface area contributed by atoms with Crippen molar-refractivity contribution in [3.63, 3.8) is 0 Å². The number of hydrogen-bond acceptors (Lipinski definition) is 5. The quantitative estimate of drug-likeness (QED) is 0.760. The first-order valence-electron chi connectivity index (χ1n) is 5.80. The Bertz CT molecular complexity index is 872.